The lowest BCUT2D eigenvalue weighted by atomic mass is 9.57. The van der Waals surface area contributed by atoms with Crippen molar-refractivity contribution in [3.63, 3.8) is 0 Å². The summed E-state index contributed by atoms with van der Waals surface area (Å²) < 4.78 is 41.6. The fourth-order valence-corrected chi connectivity index (χ4v) is 4.96. The van der Waals surface area contributed by atoms with Crippen molar-refractivity contribution in [3.05, 3.63) is 40.8 Å². The fourth-order valence-electron chi connectivity index (χ4n) is 3.90. The molecule has 1 fully saturated rings. The van der Waals surface area contributed by atoms with E-state index in [1.165, 1.54) is 57.2 Å². The Morgan fingerprint density at radius 1 is 0.967 bits per heavy atom. The van der Waals surface area contributed by atoms with Crippen molar-refractivity contribution in [2.24, 2.45) is 10.8 Å². The monoisotopic (exact) mass is 438 g/mol. The molecule has 160 valence electrons. The largest absolute Gasteiger partial charge is 0.573 e. The molecule has 0 spiro atoms. The smallest absolute Gasteiger partial charge is 0.406 e. The molecule has 1 aromatic carbocycles. The first-order valence-corrected chi connectivity index (χ1v) is 10.1. The van der Waals surface area contributed by atoms with Gasteiger partial charge in [-0.1, -0.05) is 12.1 Å². The Kier molecular flexibility index (Phi) is 5.21. The lowest BCUT2D eigenvalue weighted by Crippen LogP contribution is -2.56. The lowest BCUT2D eigenvalue weighted by molar-refractivity contribution is -0.274. The number of rotatable bonds is 3. The molecule has 0 saturated heterocycles. The Labute approximate surface area is 176 Å². The van der Waals surface area contributed by atoms with Crippen LogP contribution in [-0.2, 0) is 14.4 Å². The standard InChI is InChI=1S/C22H21F3O4S/c1-11-14(16-17(26)20(2,3)19(28)21(4,5)18(16)27)10-15(30-11)12-7-6-8-13(9-12)29-22(23,24)25/h6-10,16H,1-5H3. The summed E-state index contributed by atoms with van der Waals surface area (Å²) in [6.07, 6.45) is -4.81. The Balaban J connectivity index is 2.05. The third kappa shape index (κ3) is 3.69. The summed E-state index contributed by atoms with van der Waals surface area (Å²) in [5, 5.41) is 0. The van der Waals surface area contributed by atoms with Crippen LogP contribution in [-0.4, -0.2) is 23.7 Å². The average Bonchev–Trinajstić information content (AvgIpc) is 3.00. The summed E-state index contributed by atoms with van der Waals surface area (Å²) in [5.74, 6) is -2.78. The van der Waals surface area contributed by atoms with Gasteiger partial charge in [-0.25, -0.2) is 0 Å². The minimum Gasteiger partial charge on any atom is -0.406 e. The van der Waals surface area contributed by atoms with Gasteiger partial charge in [0, 0.05) is 9.75 Å². The number of ether oxygens (including phenoxy) is 1. The second-order valence-electron chi connectivity index (χ2n) is 8.44. The first-order chi connectivity index (χ1) is 13.7. The summed E-state index contributed by atoms with van der Waals surface area (Å²) in [6.45, 7) is 7.86. The molecule has 0 aliphatic heterocycles. The Hall–Kier alpha value is -2.48. The van der Waals surface area contributed by atoms with Crippen LogP contribution in [0, 0.1) is 17.8 Å². The molecule has 1 heterocycles. The van der Waals surface area contributed by atoms with Crippen LogP contribution in [0.4, 0.5) is 13.2 Å². The molecule has 0 radical (unpaired) electrons. The summed E-state index contributed by atoms with van der Waals surface area (Å²) in [5.41, 5.74) is -1.66. The van der Waals surface area contributed by atoms with Crippen molar-refractivity contribution >= 4 is 28.7 Å². The van der Waals surface area contributed by atoms with Gasteiger partial charge < -0.3 is 4.74 Å². The highest BCUT2D eigenvalue weighted by Gasteiger charge is 2.58. The molecule has 0 amide bonds. The number of ketones is 3. The van der Waals surface area contributed by atoms with Gasteiger partial charge in [0.25, 0.3) is 0 Å². The maximum atomic E-state index is 13.1. The highest BCUT2D eigenvalue weighted by atomic mass is 32.1. The third-order valence-electron chi connectivity index (χ3n) is 5.51. The van der Waals surface area contributed by atoms with E-state index in [9.17, 15) is 27.6 Å². The van der Waals surface area contributed by atoms with Crippen LogP contribution in [0.15, 0.2) is 30.3 Å². The van der Waals surface area contributed by atoms with Crippen LogP contribution >= 0.6 is 11.3 Å². The van der Waals surface area contributed by atoms with E-state index in [1.807, 2.05) is 0 Å². The van der Waals surface area contributed by atoms with E-state index in [4.69, 9.17) is 0 Å². The van der Waals surface area contributed by atoms with E-state index in [0.717, 1.165) is 0 Å². The summed E-state index contributed by atoms with van der Waals surface area (Å²) in [7, 11) is 0. The number of thiophene rings is 1. The van der Waals surface area contributed by atoms with Crippen LogP contribution in [0.2, 0.25) is 0 Å². The normalized spacial score (nSPS) is 19.3. The molecule has 2 aromatic rings. The average molecular weight is 438 g/mol. The molecule has 30 heavy (non-hydrogen) atoms. The minimum atomic E-state index is -4.81. The molecule has 1 aliphatic rings. The summed E-state index contributed by atoms with van der Waals surface area (Å²) >= 11 is 1.27. The summed E-state index contributed by atoms with van der Waals surface area (Å²) in [6, 6.07) is 7.16. The molecule has 1 aromatic heterocycles. The number of alkyl halides is 3. The summed E-state index contributed by atoms with van der Waals surface area (Å²) in [4.78, 5) is 40.1. The first-order valence-electron chi connectivity index (χ1n) is 9.26. The molecule has 0 bridgehead atoms. The first kappa shape index (κ1) is 22.2. The van der Waals surface area contributed by atoms with Crippen molar-refractivity contribution in [3.8, 4) is 16.2 Å². The van der Waals surface area contributed by atoms with Crippen molar-refractivity contribution in [2.45, 2.75) is 46.9 Å². The molecule has 4 nitrogen and oxygen atoms in total. The van der Waals surface area contributed by atoms with Crippen molar-refractivity contribution in [1.29, 1.82) is 0 Å². The zero-order chi connectivity index (χ0) is 22.6. The van der Waals surface area contributed by atoms with E-state index in [2.05, 4.69) is 4.74 Å². The van der Waals surface area contributed by atoms with E-state index >= 15 is 0 Å². The molecule has 3 rings (SSSR count). The highest BCUT2D eigenvalue weighted by molar-refractivity contribution is 7.15. The van der Waals surface area contributed by atoms with Gasteiger partial charge in [0.15, 0.2) is 17.3 Å². The number of benzene rings is 1. The van der Waals surface area contributed by atoms with Gasteiger partial charge in [-0.2, -0.15) is 0 Å². The number of hydrogen-bond acceptors (Lipinski definition) is 5. The number of carbonyl (C=O) groups is 3. The highest BCUT2D eigenvalue weighted by Crippen LogP contribution is 2.47. The Morgan fingerprint density at radius 2 is 1.53 bits per heavy atom. The second-order valence-corrected chi connectivity index (χ2v) is 9.69. The number of halogens is 3. The predicted molar refractivity (Wildman–Crippen MR) is 106 cm³/mol. The quantitative estimate of drug-likeness (QED) is 0.596. The number of aryl methyl sites for hydroxylation is 1. The predicted octanol–water partition coefficient (Wildman–Crippen LogP) is 5.48. The molecular formula is C22H21F3O4S. The van der Waals surface area contributed by atoms with Crippen LogP contribution in [0.1, 0.15) is 44.1 Å². The van der Waals surface area contributed by atoms with Crippen LogP contribution in [0.3, 0.4) is 0 Å². The maximum absolute atomic E-state index is 13.1. The van der Waals surface area contributed by atoms with E-state index in [1.54, 1.807) is 19.1 Å². The molecule has 0 N–H and O–H groups in total. The molecule has 0 atom stereocenters. The van der Waals surface area contributed by atoms with E-state index < -0.39 is 40.5 Å². The van der Waals surface area contributed by atoms with Crippen molar-refractivity contribution < 1.29 is 32.3 Å². The lowest BCUT2D eigenvalue weighted by Gasteiger charge is -2.40. The second kappa shape index (κ2) is 7.04. The number of hydrogen-bond donors (Lipinski definition) is 0. The van der Waals surface area contributed by atoms with Crippen LogP contribution in [0.5, 0.6) is 5.75 Å². The third-order valence-corrected chi connectivity index (χ3v) is 6.63. The van der Waals surface area contributed by atoms with Crippen molar-refractivity contribution in [2.75, 3.05) is 0 Å². The van der Waals surface area contributed by atoms with Gasteiger partial charge >= 0.3 is 6.36 Å². The minimum absolute atomic E-state index is 0.356. The van der Waals surface area contributed by atoms with Gasteiger partial charge in [-0.15, -0.1) is 24.5 Å². The zero-order valence-electron chi connectivity index (χ0n) is 17.1. The number of carbonyl (C=O) groups excluding carboxylic acids is 3. The number of Topliss-reactive ketones (excluding diaryl/α,β-unsaturated/α-hetero) is 3. The van der Waals surface area contributed by atoms with Gasteiger partial charge in [0.1, 0.15) is 11.7 Å². The molecule has 1 aliphatic carbocycles. The van der Waals surface area contributed by atoms with E-state index in [0.29, 0.717) is 20.9 Å². The molecule has 1 saturated carbocycles. The van der Waals surface area contributed by atoms with Gasteiger partial charge in [-0.3, -0.25) is 14.4 Å². The van der Waals surface area contributed by atoms with Gasteiger partial charge in [0.05, 0.1) is 10.8 Å². The Morgan fingerprint density at radius 3 is 2.07 bits per heavy atom. The maximum Gasteiger partial charge on any atom is 0.573 e. The fraction of sp³-hybridized carbons (Fsp3) is 0.409. The topological polar surface area (TPSA) is 60.4 Å². The molecular weight excluding hydrogens is 417 g/mol. The van der Waals surface area contributed by atoms with Gasteiger partial charge in [-0.05, 0) is 63.9 Å². The van der Waals surface area contributed by atoms with E-state index in [-0.39, 0.29) is 5.75 Å². The molecule has 8 heteroatoms. The van der Waals surface area contributed by atoms with Crippen LogP contribution in [0.25, 0.3) is 10.4 Å². The van der Waals surface area contributed by atoms with Crippen molar-refractivity contribution in [1.82, 2.24) is 0 Å². The van der Waals surface area contributed by atoms with Crippen LogP contribution < -0.4 is 4.74 Å². The Bertz CT molecular complexity index is 1020. The SMILES string of the molecule is Cc1sc(-c2cccc(OC(F)(F)F)c2)cc1C1C(=O)C(C)(C)C(=O)C(C)(C)C1=O. The zero-order valence-corrected chi connectivity index (χ0v) is 18.0. The molecule has 0 unspecified atom stereocenters. The van der Waals surface area contributed by atoms with Gasteiger partial charge in [0.2, 0.25) is 0 Å².